The average Bonchev–Trinajstić information content (AvgIpc) is 2.46. The fourth-order valence-corrected chi connectivity index (χ4v) is 2.22. The third kappa shape index (κ3) is 2.59. The van der Waals surface area contributed by atoms with Crippen molar-refractivity contribution in [3.63, 3.8) is 0 Å². The molecule has 0 saturated carbocycles. The van der Waals surface area contributed by atoms with Gasteiger partial charge in [-0.2, -0.15) is 0 Å². The standard InChI is InChI=1S/C16H19N3O/c1-11-6-4-5-7-14(11)19(3)15-10-12(17)8-9-13(15)16(20)18-2/h4-10H,17H2,1-3H3,(H,18,20). The molecule has 20 heavy (non-hydrogen) atoms. The lowest BCUT2D eigenvalue weighted by molar-refractivity contribution is 0.0963. The lowest BCUT2D eigenvalue weighted by Gasteiger charge is -2.24. The fourth-order valence-electron chi connectivity index (χ4n) is 2.22. The quantitative estimate of drug-likeness (QED) is 0.842. The van der Waals surface area contributed by atoms with E-state index in [0.717, 1.165) is 16.9 Å². The van der Waals surface area contributed by atoms with Crippen molar-refractivity contribution in [3.05, 3.63) is 53.6 Å². The Labute approximate surface area is 119 Å². The first-order chi connectivity index (χ1) is 9.54. The van der Waals surface area contributed by atoms with Crippen molar-refractivity contribution in [2.24, 2.45) is 0 Å². The van der Waals surface area contributed by atoms with Crippen LogP contribution in [0, 0.1) is 6.92 Å². The first-order valence-corrected chi connectivity index (χ1v) is 6.45. The smallest absolute Gasteiger partial charge is 0.253 e. The van der Waals surface area contributed by atoms with Crippen LogP contribution < -0.4 is 16.0 Å². The van der Waals surface area contributed by atoms with Gasteiger partial charge in [0.25, 0.3) is 5.91 Å². The molecule has 0 aliphatic heterocycles. The molecule has 1 amide bonds. The van der Waals surface area contributed by atoms with E-state index in [2.05, 4.69) is 5.32 Å². The molecule has 2 aromatic rings. The third-order valence-electron chi connectivity index (χ3n) is 3.33. The van der Waals surface area contributed by atoms with Crippen LogP contribution in [0.4, 0.5) is 17.1 Å². The number of benzene rings is 2. The molecule has 0 unspecified atom stereocenters. The van der Waals surface area contributed by atoms with Gasteiger partial charge in [0.2, 0.25) is 0 Å². The summed E-state index contributed by atoms with van der Waals surface area (Å²) in [5, 5.41) is 2.66. The van der Waals surface area contributed by atoms with Crippen LogP contribution in [0.2, 0.25) is 0 Å². The number of aryl methyl sites for hydroxylation is 1. The highest BCUT2D eigenvalue weighted by Gasteiger charge is 2.15. The van der Waals surface area contributed by atoms with E-state index in [0.29, 0.717) is 11.3 Å². The molecule has 0 heterocycles. The number of hydrogen-bond acceptors (Lipinski definition) is 3. The van der Waals surface area contributed by atoms with Gasteiger partial charge in [-0.3, -0.25) is 4.79 Å². The van der Waals surface area contributed by atoms with Crippen LogP contribution in [-0.4, -0.2) is 20.0 Å². The lowest BCUT2D eigenvalue weighted by Crippen LogP contribution is -2.22. The Balaban J connectivity index is 2.54. The number of hydrogen-bond donors (Lipinski definition) is 2. The van der Waals surface area contributed by atoms with E-state index in [1.54, 1.807) is 19.2 Å². The number of anilines is 3. The summed E-state index contributed by atoms with van der Waals surface area (Å²) in [7, 11) is 3.56. The van der Waals surface area contributed by atoms with Crippen LogP contribution in [0.1, 0.15) is 15.9 Å². The average molecular weight is 269 g/mol. The number of nitrogen functional groups attached to an aromatic ring is 1. The minimum atomic E-state index is -0.125. The van der Waals surface area contributed by atoms with Gasteiger partial charge in [0.05, 0.1) is 11.3 Å². The molecule has 0 spiro atoms. The summed E-state index contributed by atoms with van der Waals surface area (Å²) in [6.45, 7) is 2.04. The first kappa shape index (κ1) is 13.9. The van der Waals surface area contributed by atoms with Gasteiger partial charge in [0.15, 0.2) is 0 Å². The molecule has 0 aliphatic rings. The normalized spacial score (nSPS) is 10.2. The van der Waals surface area contributed by atoms with Crippen LogP contribution in [0.15, 0.2) is 42.5 Å². The van der Waals surface area contributed by atoms with Crippen LogP contribution >= 0.6 is 0 Å². The molecule has 0 aromatic heterocycles. The molecule has 104 valence electrons. The summed E-state index contributed by atoms with van der Waals surface area (Å²) >= 11 is 0. The highest BCUT2D eigenvalue weighted by atomic mass is 16.1. The first-order valence-electron chi connectivity index (χ1n) is 6.45. The second kappa shape index (κ2) is 5.65. The van der Waals surface area contributed by atoms with Crippen molar-refractivity contribution in [2.45, 2.75) is 6.92 Å². The number of rotatable bonds is 3. The number of amides is 1. The van der Waals surface area contributed by atoms with Crippen molar-refractivity contribution in [1.82, 2.24) is 5.32 Å². The Hall–Kier alpha value is -2.49. The van der Waals surface area contributed by atoms with Gasteiger partial charge in [-0.25, -0.2) is 0 Å². The zero-order valence-electron chi connectivity index (χ0n) is 12.0. The SMILES string of the molecule is CNC(=O)c1ccc(N)cc1N(C)c1ccccc1C. The molecule has 0 saturated heterocycles. The Kier molecular flexibility index (Phi) is 3.94. The predicted molar refractivity (Wildman–Crippen MR) is 83.5 cm³/mol. The van der Waals surface area contributed by atoms with Crippen molar-refractivity contribution in [1.29, 1.82) is 0 Å². The van der Waals surface area contributed by atoms with Crippen LogP contribution in [-0.2, 0) is 0 Å². The molecule has 2 rings (SSSR count). The maximum Gasteiger partial charge on any atom is 0.253 e. The van der Waals surface area contributed by atoms with E-state index in [1.807, 2.05) is 49.2 Å². The van der Waals surface area contributed by atoms with Gasteiger partial charge in [0, 0.05) is 25.5 Å². The number of para-hydroxylation sites is 1. The predicted octanol–water partition coefficient (Wildman–Crippen LogP) is 2.70. The highest BCUT2D eigenvalue weighted by Crippen LogP contribution is 2.30. The van der Waals surface area contributed by atoms with Gasteiger partial charge in [-0.1, -0.05) is 18.2 Å². The van der Waals surface area contributed by atoms with Crippen LogP contribution in [0.3, 0.4) is 0 Å². The molecule has 4 nitrogen and oxygen atoms in total. The summed E-state index contributed by atoms with van der Waals surface area (Å²) in [6.07, 6.45) is 0. The molecule has 4 heteroatoms. The topological polar surface area (TPSA) is 58.4 Å². The third-order valence-corrected chi connectivity index (χ3v) is 3.33. The number of nitrogens with zero attached hydrogens (tertiary/aromatic N) is 1. The number of nitrogens with two attached hydrogens (primary N) is 1. The molecule has 0 aliphatic carbocycles. The van der Waals surface area contributed by atoms with Gasteiger partial charge in [0.1, 0.15) is 0 Å². The van der Waals surface area contributed by atoms with E-state index in [9.17, 15) is 4.79 Å². The molecule has 3 N–H and O–H groups in total. The summed E-state index contributed by atoms with van der Waals surface area (Å²) in [5.74, 6) is -0.125. The van der Waals surface area contributed by atoms with Crippen molar-refractivity contribution >= 4 is 23.0 Å². The highest BCUT2D eigenvalue weighted by molar-refractivity contribution is 6.01. The molecule has 0 radical (unpaired) electrons. The number of carbonyl (C=O) groups is 1. The van der Waals surface area contributed by atoms with Gasteiger partial charge in [-0.05, 0) is 36.8 Å². The zero-order chi connectivity index (χ0) is 14.7. The van der Waals surface area contributed by atoms with E-state index >= 15 is 0 Å². The number of nitrogens with one attached hydrogen (secondary N) is 1. The lowest BCUT2D eigenvalue weighted by atomic mass is 10.1. The van der Waals surface area contributed by atoms with Gasteiger partial charge < -0.3 is 16.0 Å². The van der Waals surface area contributed by atoms with Crippen molar-refractivity contribution in [3.8, 4) is 0 Å². The molecular formula is C16H19N3O. The van der Waals surface area contributed by atoms with Crippen LogP contribution in [0.25, 0.3) is 0 Å². The molecule has 0 atom stereocenters. The minimum absolute atomic E-state index is 0.125. The number of carbonyl (C=O) groups excluding carboxylic acids is 1. The maximum absolute atomic E-state index is 12.0. The largest absolute Gasteiger partial charge is 0.399 e. The summed E-state index contributed by atoms with van der Waals surface area (Å²) in [5.41, 5.74) is 10.1. The Bertz CT molecular complexity index is 637. The minimum Gasteiger partial charge on any atom is -0.399 e. The second-order valence-electron chi connectivity index (χ2n) is 4.70. The maximum atomic E-state index is 12.0. The summed E-state index contributed by atoms with van der Waals surface area (Å²) in [6, 6.07) is 13.3. The monoisotopic (exact) mass is 269 g/mol. The van der Waals surface area contributed by atoms with E-state index in [4.69, 9.17) is 5.73 Å². The Morgan fingerprint density at radius 1 is 1.15 bits per heavy atom. The molecule has 0 fully saturated rings. The van der Waals surface area contributed by atoms with E-state index in [-0.39, 0.29) is 5.91 Å². The Morgan fingerprint density at radius 3 is 2.50 bits per heavy atom. The van der Waals surface area contributed by atoms with Crippen molar-refractivity contribution < 1.29 is 4.79 Å². The zero-order valence-corrected chi connectivity index (χ0v) is 12.0. The molecular weight excluding hydrogens is 250 g/mol. The van der Waals surface area contributed by atoms with Gasteiger partial charge >= 0.3 is 0 Å². The van der Waals surface area contributed by atoms with E-state index in [1.165, 1.54) is 0 Å². The molecule has 2 aromatic carbocycles. The summed E-state index contributed by atoms with van der Waals surface area (Å²) < 4.78 is 0. The van der Waals surface area contributed by atoms with Crippen LogP contribution in [0.5, 0.6) is 0 Å². The van der Waals surface area contributed by atoms with Gasteiger partial charge in [-0.15, -0.1) is 0 Å². The molecule has 0 bridgehead atoms. The van der Waals surface area contributed by atoms with Crippen molar-refractivity contribution in [2.75, 3.05) is 24.7 Å². The summed E-state index contributed by atoms with van der Waals surface area (Å²) in [4.78, 5) is 14.0. The van der Waals surface area contributed by atoms with E-state index < -0.39 is 0 Å². The fraction of sp³-hybridized carbons (Fsp3) is 0.188. The Morgan fingerprint density at radius 2 is 1.85 bits per heavy atom. The second-order valence-corrected chi connectivity index (χ2v) is 4.70.